The first-order chi connectivity index (χ1) is 7.47. The number of benzene rings is 1. The fourth-order valence-corrected chi connectivity index (χ4v) is 2.14. The zero-order valence-electron chi connectivity index (χ0n) is 9.79. The summed E-state index contributed by atoms with van der Waals surface area (Å²) >= 11 is 3.47. The van der Waals surface area contributed by atoms with Crippen molar-refractivity contribution in [2.24, 2.45) is 5.73 Å². The summed E-state index contributed by atoms with van der Waals surface area (Å²) in [6, 6.07) is 6.06. The molecule has 1 saturated carbocycles. The molecule has 1 aliphatic carbocycles. The highest BCUT2D eigenvalue weighted by Crippen LogP contribution is 2.34. The van der Waals surface area contributed by atoms with Crippen molar-refractivity contribution in [3.05, 3.63) is 28.2 Å². The minimum atomic E-state index is -0.372. The molecule has 1 fully saturated rings. The van der Waals surface area contributed by atoms with Crippen molar-refractivity contribution in [2.75, 3.05) is 0 Å². The van der Waals surface area contributed by atoms with E-state index in [2.05, 4.69) is 15.9 Å². The van der Waals surface area contributed by atoms with Crippen molar-refractivity contribution < 1.29 is 4.74 Å². The van der Waals surface area contributed by atoms with Gasteiger partial charge in [0, 0.05) is 15.6 Å². The molecule has 0 aliphatic heterocycles. The summed E-state index contributed by atoms with van der Waals surface area (Å²) in [5.41, 5.74) is 6.85. The largest absolute Gasteiger partial charge is 0.490 e. The fourth-order valence-electron chi connectivity index (χ4n) is 1.78. The van der Waals surface area contributed by atoms with Crippen molar-refractivity contribution in [1.29, 1.82) is 0 Å². The average Bonchev–Trinajstić information content (AvgIpc) is 2.11. The van der Waals surface area contributed by atoms with E-state index in [1.54, 1.807) is 0 Å². The molecule has 2 N–H and O–H groups in total. The Morgan fingerprint density at radius 2 is 2.06 bits per heavy atom. The summed E-state index contributed by atoms with van der Waals surface area (Å²) in [5, 5.41) is 0. The Kier molecular flexibility index (Phi) is 3.27. The molecule has 0 saturated heterocycles. The Hall–Kier alpha value is -0.540. The topological polar surface area (TPSA) is 35.2 Å². The van der Waals surface area contributed by atoms with Gasteiger partial charge in [-0.05, 0) is 51.3 Å². The van der Waals surface area contributed by atoms with Crippen LogP contribution in [0.3, 0.4) is 0 Å². The molecule has 1 aromatic carbocycles. The van der Waals surface area contributed by atoms with E-state index in [0.717, 1.165) is 15.8 Å². The van der Waals surface area contributed by atoms with Crippen molar-refractivity contribution in [3.8, 4) is 5.75 Å². The second-order valence-corrected chi connectivity index (χ2v) is 5.95. The van der Waals surface area contributed by atoms with Crippen LogP contribution in [0.15, 0.2) is 22.7 Å². The van der Waals surface area contributed by atoms with Crippen LogP contribution in [0.4, 0.5) is 0 Å². The number of hydrogen-bond acceptors (Lipinski definition) is 2. The third-order valence-electron chi connectivity index (χ3n) is 2.98. The predicted octanol–water partition coefficient (Wildman–Crippen LogP) is 3.57. The maximum absolute atomic E-state index is 6.16. The Balaban J connectivity index is 2.28. The molecule has 0 amide bonds. The van der Waals surface area contributed by atoms with Gasteiger partial charge >= 0.3 is 0 Å². The van der Waals surface area contributed by atoms with Crippen molar-refractivity contribution in [3.63, 3.8) is 0 Å². The van der Waals surface area contributed by atoms with Crippen molar-refractivity contribution in [1.82, 2.24) is 0 Å². The minimum absolute atomic E-state index is 0.372. The van der Waals surface area contributed by atoms with Crippen LogP contribution in [-0.4, -0.2) is 6.10 Å². The van der Waals surface area contributed by atoms with Crippen LogP contribution in [0.5, 0.6) is 5.75 Å². The monoisotopic (exact) mass is 283 g/mol. The normalized spacial score (nSPS) is 17.0. The van der Waals surface area contributed by atoms with Crippen LogP contribution in [0.25, 0.3) is 0 Å². The molecule has 16 heavy (non-hydrogen) atoms. The highest BCUT2D eigenvalue weighted by Gasteiger charge is 2.24. The van der Waals surface area contributed by atoms with E-state index in [9.17, 15) is 0 Å². The first kappa shape index (κ1) is 11.9. The smallest absolute Gasteiger partial charge is 0.124 e. The lowest BCUT2D eigenvalue weighted by atomic mass is 9.93. The molecule has 0 unspecified atom stereocenters. The summed E-state index contributed by atoms with van der Waals surface area (Å²) in [5.74, 6) is 0.931. The lowest BCUT2D eigenvalue weighted by Gasteiger charge is -2.30. The van der Waals surface area contributed by atoms with E-state index < -0.39 is 0 Å². The molecule has 1 aromatic rings. The lowest BCUT2D eigenvalue weighted by molar-refractivity contribution is 0.117. The minimum Gasteiger partial charge on any atom is -0.490 e. The number of hydrogen-bond donors (Lipinski definition) is 1. The molecule has 0 atom stereocenters. The summed E-state index contributed by atoms with van der Waals surface area (Å²) in [6.45, 7) is 4.00. The van der Waals surface area contributed by atoms with Gasteiger partial charge < -0.3 is 10.5 Å². The van der Waals surface area contributed by atoms with Crippen molar-refractivity contribution >= 4 is 15.9 Å². The molecule has 1 aliphatic rings. The molecular weight excluding hydrogens is 266 g/mol. The van der Waals surface area contributed by atoms with E-state index in [1.165, 1.54) is 19.3 Å². The molecular formula is C13H18BrNO. The van der Waals surface area contributed by atoms with E-state index in [-0.39, 0.29) is 5.54 Å². The second kappa shape index (κ2) is 4.38. The third-order valence-corrected chi connectivity index (χ3v) is 3.47. The van der Waals surface area contributed by atoms with Gasteiger partial charge in [0.05, 0.1) is 6.10 Å². The van der Waals surface area contributed by atoms with Crippen molar-refractivity contribution in [2.45, 2.75) is 44.8 Å². The van der Waals surface area contributed by atoms with E-state index in [0.29, 0.717) is 6.10 Å². The Bertz CT molecular complexity index is 380. The molecule has 0 spiro atoms. The van der Waals surface area contributed by atoms with Crippen LogP contribution in [0, 0.1) is 0 Å². The fraction of sp³-hybridized carbons (Fsp3) is 0.538. The van der Waals surface area contributed by atoms with Gasteiger partial charge in [-0.15, -0.1) is 0 Å². The second-order valence-electron chi connectivity index (χ2n) is 5.03. The molecule has 0 radical (unpaired) electrons. The SMILES string of the molecule is CC(C)(N)c1cc(Br)ccc1OC1CCC1. The highest BCUT2D eigenvalue weighted by atomic mass is 79.9. The summed E-state index contributed by atoms with van der Waals surface area (Å²) in [4.78, 5) is 0. The number of ether oxygens (including phenoxy) is 1. The lowest BCUT2D eigenvalue weighted by Crippen LogP contribution is -2.31. The van der Waals surface area contributed by atoms with Gasteiger partial charge in [0.25, 0.3) is 0 Å². The van der Waals surface area contributed by atoms with Crippen LogP contribution in [-0.2, 0) is 5.54 Å². The highest BCUT2D eigenvalue weighted by molar-refractivity contribution is 9.10. The summed E-state index contributed by atoms with van der Waals surface area (Å²) in [7, 11) is 0. The average molecular weight is 284 g/mol. The maximum Gasteiger partial charge on any atom is 0.124 e. The van der Waals surface area contributed by atoms with Gasteiger partial charge in [-0.1, -0.05) is 15.9 Å². The van der Waals surface area contributed by atoms with E-state index >= 15 is 0 Å². The number of nitrogens with two attached hydrogens (primary N) is 1. The molecule has 2 nitrogen and oxygen atoms in total. The first-order valence-electron chi connectivity index (χ1n) is 5.72. The summed E-state index contributed by atoms with van der Waals surface area (Å²) in [6.07, 6.45) is 4.01. The zero-order valence-corrected chi connectivity index (χ0v) is 11.4. The molecule has 3 heteroatoms. The van der Waals surface area contributed by atoms with Gasteiger partial charge in [-0.25, -0.2) is 0 Å². The Morgan fingerprint density at radius 1 is 1.38 bits per heavy atom. The molecule has 2 rings (SSSR count). The number of rotatable bonds is 3. The van der Waals surface area contributed by atoms with Gasteiger partial charge in [0.15, 0.2) is 0 Å². The standard InChI is InChI=1S/C13H18BrNO/c1-13(2,15)11-8-9(14)6-7-12(11)16-10-4-3-5-10/h6-8,10H,3-5,15H2,1-2H3. The summed E-state index contributed by atoms with van der Waals surface area (Å²) < 4.78 is 7.01. The quantitative estimate of drug-likeness (QED) is 0.920. The molecule has 0 bridgehead atoms. The Morgan fingerprint density at radius 3 is 2.56 bits per heavy atom. The maximum atomic E-state index is 6.16. The molecule has 88 valence electrons. The molecule has 0 aromatic heterocycles. The van der Waals surface area contributed by atoms with Gasteiger partial charge in [-0.2, -0.15) is 0 Å². The van der Waals surface area contributed by atoms with Crippen LogP contribution >= 0.6 is 15.9 Å². The van der Waals surface area contributed by atoms with Gasteiger partial charge in [0.1, 0.15) is 5.75 Å². The van der Waals surface area contributed by atoms with Crippen LogP contribution < -0.4 is 10.5 Å². The van der Waals surface area contributed by atoms with Crippen LogP contribution in [0.1, 0.15) is 38.7 Å². The third kappa shape index (κ3) is 2.58. The van der Waals surface area contributed by atoms with E-state index in [4.69, 9.17) is 10.5 Å². The zero-order chi connectivity index (χ0) is 11.8. The van der Waals surface area contributed by atoms with Crippen LogP contribution in [0.2, 0.25) is 0 Å². The number of halogens is 1. The first-order valence-corrected chi connectivity index (χ1v) is 6.52. The predicted molar refractivity (Wildman–Crippen MR) is 69.6 cm³/mol. The van der Waals surface area contributed by atoms with Gasteiger partial charge in [-0.3, -0.25) is 0 Å². The van der Waals surface area contributed by atoms with E-state index in [1.807, 2.05) is 32.0 Å². The Labute approximate surface area is 105 Å². The molecule has 0 heterocycles. The van der Waals surface area contributed by atoms with Gasteiger partial charge in [0.2, 0.25) is 0 Å².